The third-order valence-corrected chi connectivity index (χ3v) is 3.06. The molecule has 0 aliphatic carbocycles. The van der Waals surface area contributed by atoms with Crippen molar-refractivity contribution in [1.29, 1.82) is 0 Å². The van der Waals surface area contributed by atoms with Gasteiger partial charge in [0.25, 0.3) is 0 Å². The van der Waals surface area contributed by atoms with Crippen LogP contribution in [0.1, 0.15) is 34.6 Å². The van der Waals surface area contributed by atoms with E-state index in [0.717, 1.165) is 24.7 Å². The lowest BCUT2D eigenvalue weighted by atomic mass is 9.82. The third-order valence-electron chi connectivity index (χ3n) is 3.06. The fraction of sp³-hybridized carbons (Fsp3) is 0.692. The number of aromatic nitrogens is 2. The molecule has 1 aromatic heterocycles. The number of hydrogen-bond donors (Lipinski definition) is 2. The number of nitrogens with one attached hydrogen (secondary N) is 2. The Balaban J connectivity index is 2.54. The van der Waals surface area contributed by atoms with E-state index >= 15 is 0 Å². The summed E-state index contributed by atoms with van der Waals surface area (Å²) in [5.41, 5.74) is 0.305. The van der Waals surface area contributed by atoms with Crippen LogP contribution in [0.2, 0.25) is 0 Å². The molecule has 0 spiro atoms. The molecule has 0 saturated carbocycles. The monoisotopic (exact) mass is 236 g/mol. The minimum Gasteiger partial charge on any atom is -0.369 e. The minimum atomic E-state index is 0.305. The summed E-state index contributed by atoms with van der Waals surface area (Å²) in [4.78, 5) is 8.59. The van der Waals surface area contributed by atoms with Crippen LogP contribution in [0.4, 0.5) is 11.6 Å². The van der Waals surface area contributed by atoms with Gasteiger partial charge in [-0.15, -0.1) is 0 Å². The highest BCUT2D eigenvalue weighted by molar-refractivity contribution is 5.41. The van der Waals surface area contributed by atoms with E-state index in [2.05, 4.69) is 48.3 Å². The second-order valence-electron chi connectivity index (χ2n) is 5.47. The van der Waals surface area contributed by atoms with Crippen LogP contribution in [0.3, 0.4) is 0 Å². The van der Waals surface area contributed by atoms with Crippen molar-refractivity contribution in [2.45, 2.75) is 34.6 Å². The molecular weight excluding hydrogens is 212 g/mol. The largest absolute Gasteiger partial charge is 0.369 e. The van der Waals surface area contributed by atoms with Gasteiger partial charge < -0.3 is 10.6 Å². The third kappa shape index (κ3) is 4.59. The zero-order valence-electron chi connectivity index (χ0n) is 11.5. The molecule has 1 aromatic rings. The van der Waals surface area contributed by atoms with Crippen LogP contribution < -0.4 is 10.6 Å². The standard InChI is InChI=1S/C13H24N4/c1-6-15-11-8-14-9-12(17-11)16-7-10(2)13(3,4)5/h8-10H,6-7H2,1-5H3,(H2,15,16,17). The van der Waals surface area contributed by atoms with Gasteiger partial charge in [0.1, 0.15) is 11.6 Å². The second kappa shape index (κ2) is 5.84. The van der Waals surface area contributed by atoms with Crippen molar-refractivity contribution in [3.63, 3.8) is 0 Å². The zero-order chi connectivity index (χ0) is 12.9. The molecule has 1 heterocycles. The van der Waals surface area contributed by atoms with Gasteiger partial charge in [0.05, 0.1) is 12.4 Å². The predicted octanol–water partition coefficient (Wildman–Crippen LogP) is 3.00. The van der Waals surface area contributed by atoms with Crippen LogP contribution in [0.5, 0.6) is 0 Å². The van der Waals surface area contributed by atoms with Gasteiger partial charge in [-0.3, -0.25) is 4.98 Å². The van der Waals surface area contributed by atoms with Crippen molar-refractivity contribution in [2.75, 3.05) is 23.7 Å². The van der Waals surface area contributed by atoms with Gasteiger partial charge in [-0.1, -0.05) is 27.7 Å². The molecular formula is C13H24N4. The summed E-state index contributed by atoms with van der Waals surface area (Å²) in [6.07, 6.45) is 3.50. The van der Waals surface area contributed by atoms with Crippen LogP contribution >= 0.6 is 0 Å². The number of anilines is 2. The SMILES string of the molecule is CCNc1cncc(NCC(C)C(C)(C)C)n1. The van der Waals surface area contributed by atoms with E-state index in [9.17, 15) is 0 Å². The van der Waals surface area contributed by atoms with Crippen LogP contribution in [0, 0.1) is 11.3 Å². The lowest BCUT2D eigenvalue weighted by Gasteiger charge is -2.27. The Morgan fingerprint density at radius 2 is 1.76 bits per heavy atom. The number of hydrogen-bond acceptors (Lipinski definition) is 4. The van der Waals surface area contributed by atoms with Gasteiger partial charge in [0.15, 0.2) is 0 Å². The zero-order valence-corrected chi connectivity index (χ0v) is 11.5. The summed E-state index contributed by atoms with van der Waals surface area (Å²) in [6.45, 7) is 12.8. The Morgan fingerprint density at radius 1 is 1.18 bits per heavy atom. The van der Waals surface area contributed by atoms with Gasteiger partial charge >= 0.3 is 0 Å². The lowest BCUT2D eigenvalue weighted by molar-refractivity contribution is 0.274. The maximum Gasteiger partial charge on any atom is 0.146 e. The first kappa shape index (κ1) is 13.7. The number of rotatable bonds is 5. The van der Waals surface area contributed by atoms with E-state index in [0.29, 0.717) is 11.3 Å². The maximum atomic E-state index is 4.43. The van der Waals surface area contributed by atoms with Crippen LogP contribution in [-0.2, 0) is 0 Å². The van der Waals surface area contributed by atoms with Crippen molar-refractivity contribution in [3.05, 3.63) is 12.4 Å². The molecule has 0 aliphatic rings. The molecule has 1 rings (SSSR count). The van der Waals surface area contributed by atoms with Crippen molar-refractivity contribution in [3.8, 4) is 0 Å². The molecule has 1 atom stereocenters. The molecule has 0 amide bonds. The Hall–Kier alpha value is -1.32. The van der Waals surface area contributed by atoms with Gasteiger partial charge in [-0.2, -0.15) is 0 Å². The molecule has 0 aliphatic heterocycles. The normalized spacial score (nSPS) is 13.2. The van der Waals surface area contributed by atoms with E-state index < -0.39 is 0 Å². The summed E-state index contributed by atoms with van der Waals surface area (Å²) < 4.78 is 0. The Labute approximate surface area is 104 Å². The molecule has 1 unspecified atom stereocenters. The van der Waals surface area contributed by atoms with Crippen LogP contribution in [-0.4, -0.2) is 23.1 Å². The molecule has 0 fully saturated rings. The van der Waals surface area contributed by atoms with E-state index in [4.69, 9.17) is 0 Å². The van der Waals surface area contributed by atoms with E-state index in [1.165, 1.54) is 0 Å². The average molecular weight is 236 g/mol. The highest BCUT2D eigenvalue weighted by atomic mass is 15.1. The molecule has 4 nitrogen and oxygen atoms in total. The quantitative estimate of drug-likeness (QED) is 0.825. The van der Waals surface area contributed by atoms with Gasteiger partial charge in [-0.25, -0.2) is 4.98 Å². The maximum absolute atomic E-state index is 4.43. The Kier molecular flexibility index (Phi) is 4.73. The Morgan fingerprint density at radius 3 is 2.29 bits per heavy atom. The molecule has 0 saturated heterocycles. The predicted molar refractivity (Wildman–Crippen MR) is 73.3 cm³/mol. The smallest absolute Gasteiger partial charge is 0.146 e. The van der Waals surface area contributed by atoms with Gasteiger partial charge in [-0.05, 0) is 18.3 Å². The van der Waals surface area contributed by atoms with Crippen molar-refractivity contribution in [1.82, 2.24) is 9.97 Å². The molecule has 17 heavy (non-hydrogen) atoms. The molecule has 0 bridgehead atoms. The summed E-state index contributed by atoms with van der Waals surface area (Å²) in [5.74, 6) is 2.23. The fourth-order valence-corrected chi connectivity index (χ4v) is 1.28. The molecule has 0 radical (unpaired) electrons. The minimum absolute atomic E-state index is 0.305. The van der Waals surface area contributed by atoms with Gasteiger partial charge in [0, 0.05) is 13.1 Å². The fourth-order valence-electron chi connectivity index (χ4n) is 1.28. The van der Waals surface area contributed by atoms with Crippen LogP contribution in [0.15, 0.2) is 12.4 Å². The Bertz CT molecular complexity index is 344. The first-order valence-electron chi connectivity index (χ1n) is 6.23. The van der Waals surface area contributed by atoms with Gasteiger partial charge in [0.2, 0.25) is 0 Å². The number of nitrogens with zero attached hydrogens (tertiary/aromatic N) is 2. The molecule has 2 N–H and O–H groups in total. The highest BCUT2D eigenvalue weighted by Crippen LogP contribution is 2.25. The van der Waals surface area contributed by atoms with Crippen molar-refractivity contribution >= 4 is 11.6 Å². The van der Waals surface area contributed by atoms with Crippen molar-refractivity contribution in [2.24, 2.45) is 11.3 Å². The summed E-state index contributed by atoms with van der Waals surface area (Å²) >= 11 is 0. The highest BCUT2D eigenvalue weighted by Gasteiger charge is 2.19. The molecule has 4 heteroatoms. The first-order chi connectivity index (χ1) is 7.93. The van der Waals surface area contributed by atoms with E-state index in [-0.39, 0.29) is 0 Å². The van der Waals surface area contributed by atoms with E-state index in [1.54, 1.807) is 12.4 Å². The summed E-state index contributed by atoms with van der Waals surface area (Å²) in [7, 11) is 0. The summed E-state index contributed by atoms with van der Waals surface area (Å²) in [6, 6.07) is 0. The molecule has 96 valence electrons. The topological polar surface area (TPSA) is 49.8 Å². The molecule has 0 aromatic carbocycles. The summed E-state index contributed by atoms with van der Waals surface area (Å²) in [5, 5.41) is 6.49. The van der Waals surface area contributed by atoms with Crippen LogP contribution in [0.25, 0.3) is 0 Å². The average Bonchev–Trinajstić information content (AvgIpc) is 2.25. The lowest BCUT2D eigenvalue weighted by Crippen LogP contribution is -2.25. The van der Waals surface area contributed by atoms with E-state index in [1.807, 2.05) is 6.92 Å². The first-order valence-corrected chi connectivity index (χ1v) is 6.23. The second-order valence-corrected chi connectivity index (χ2v) is 5.47. The van der Waals surface area contributed by atoms with Crippen molar-refractivity contribution < 1.29 is 0 Å².